The van der Waals surface area contributed by atoms with Gasteiger partial charge in [0.15, 0.2) is 8.32 Å². The number of rotatable bonds is 9. The molecule has 0 saturated carbocycles. The zero-order chi connectivity index (χ0) is 22.0. The van der Waals surface area contributed by atoms with E-state index in [0.29, 0.717) is 16.6 Å². The summed E-state index contributed by atoms with van der Waals surface area (Å²) in [5.41, 5.74) is 3.16. The van der Waals surface area contributed by atoms with Crippen LogP contribution in [0, 0.1) is 0 Å². The molecule has 0 unspecified atom stereocenters. The largest absolute Gasteiger partial charge is 0.415 e. The van der Waals surface area contributed by atoms with Crippen molar-refractivity contribution in [1.29, 1.82) is 0 Å². The van der Waals surface area contributed by atoms with Gasteiger partial charge in [0.1, 0.15) is 0 Å². The minimum Gasteiger partial charge on any atom is -0.415 e. The fourth-order valence-corrected chi connectivity index (χ4v) is 11.9. The first-order valence-electron chi connectivity index (χ1n) is 11.2. The van der Waals surface area contributed by atoms with Crippen LogP contribution in [0.4, 0.5) is 0 Å². The third kappa shape index (κ3) is 4.95. The molecule has 0 amide bonds. The second-order valence-corrected chi connectivity index (χ2v) is 21.1. The van der Waals surface area contributed by atoms with Crippen molar-refractivity contribution < 1.29 is 4.43 Å². The minimum atomic E-state index is -1.92. The Kier molecular flexibility index (Phi) is 7.75. The first-order chi connectivity index (χ1) is 13.4. The maximum Gasteiger partial charge on any atom is 0.200 e. The summed E-state index contributed by atoms with van der Waals surface area (Å²) >= 11 is 0. The zero-order valence-corrected chi connectivity index (χ0v) is 22.2. The summed E-state index contributed by atoms with van der Waals surface area (Å²) in [7, 11) is -3.45. The van der Waals surface area contributed by atoms with Crippen LogP contribution in [-0.4, -0.2) is 23.0 Å². The van der Waals surface area contributed by atoms with Gasteiger partial charge in [-0.3, -0.25) is 0 Å². The quantitative estimate of drug-likeness (QED) is 0.365. The van der Waals surface area contributed by atoms with Crippen LogP contribution in [0.1, 0.15) is 53.0 Å². The normalized spacial score (nSPS) is 14.2. The standard InChI is InChI=1S/C26H42OSi2/c1-19(2)29(20(3)4,21(5)6)27-18-26(22(7)28(8,9)10)25-17-13-15-23-14-11-12-16-24(23)25/h11-17,19-21,26H,7,18H2,1-6,8-10H3/t26-/m0/s1. The first kappa shape index (κ1) is 24.1. The average molecular weight is 427 g/mol. The van der Waals surface area contributed by atoms with E-state index in [1.54, 1.807) is 0 Å². The van der Waals surface area contributed by atoms with Crippen molar-refractivity contribution in [3.8, 4) is 0 Å². The number of hydrogen-bond acceptors (Lipinski definition) is 1. The lowest BCUT2D eigenvalue weighted by Gasteiger charge is -2.43. The van der Waals surface area contributed by atoms with Crippen LogP contribution in [0.2, 0.25) is 36.3 Å². The van der Waals surface area contributed by atoms with E-state index in [1.165, 1.54) is 21.5 Å². The molecular weight excluding hydrogens is 384 g/mol. The molecule has 0 bridgehead atoms. The van der Waals surface area contributed by atoms with Crippen molar-refractivity contribution in [2.75, 3.05) is 6.61 Å². The van der Waals surface area contributed by atoms with Gasteiger partial charge in [-0.2, -0.15) is 0 Å². The van der Waals surface area contributed by atoms with Crippen molar-refractivity contribution in [3.63, 3.8) is 0 Å². The van der Waals surface area contributed by atoms with Crippen molar-refractivity contribution in [1.82, 2.24) is 0 Å². The Bertz CT molecular complexity index is 803. The van der Waals surface area contributed by atoms with E-state index in [-0.39, 0.29) is 5.92 Å². The summed E-state index contributed by atoms with van der Waals surface area (Å²) in [4.78, 5) is 0. The van der Waals surface area contributed by atoms with E-state index in [0.717, 1.165) is 6.61 Å². The van der Waals surface area contributed by atoms with Gasteiger partial charge in [-0.1, -0.05) is 109 Å². The molecule has 2 rings (SSSR count). The van der Waals surface area contributed by atoms with Crippen LogP contribution in [0.3, 0.4) is 0 Å². The monoisotopic (exact) mass is 426 g/mol. The molecule has 1 atom stereocenters. The molecule has 0 aliphatic rings. The Morgan fingerprint density at radius 3 is 1.86 bits per heavy atom. The molecule has 160 valence electrons. The molecule has 0 spiro atoms. The molecule has 0 aromatic heterocycles. The van der Waals surface area contributed by atoms with Crippen LogP contribution in [0.25, 0.3) is 10.8 Å². The van der Waals surface area contributed by atoms with Gasteiger partial charge in [-0.15, -0.1) is 6.58 Å². The van der Waals surface area contributed by atoms with Gasteiger partial charge < -0.3 is 4.43 Å². The van der Waals surface area contributed by atoms with Gasteiger partial charge >= 0.3 is 0 Å². The predicted molar refractivity (Wildman–Crippen MR) is 136 cm³/mol. The molecule has 0 fully saturated rings. The van der Waals surface area contributed by atoms with Gasteiger partial charge in [0.25, 0.3) is 0 Å². The lowest BCUT2D eigenvalue weighted by atomic mass is 9.94. The maximum absolute atomic E-state index is 7.10. The van der Waals surface area contributed by atoms with Crippen LogP contribution >= 0.6 is 0 Å². The average Bonchev–Trinajstić information content (AvgIpc) is 2.63. The van der Waals surface area contributed by atoms with Gasteiger partial charge in [-0.25, -0.2) is 0 Å². The van der Waals surface area contributed by atoms with E-state index >= 15 is 0 Å². The minimum absolute atomic E-state index is 0.260. The first-order valence-corrected chi connectivity index (χ1v) is 16.9. The highest BCUT2D eigenvalue weighted by molar-refractivity contribution is 6.83. The van der Waals surface area contributed by atoms with E-state index in [9.17, 15) is 0 Å². The predicted octanol–water partition coefficient (Wildman–Crippen LogP) is 8.55. The Hall–Kier alpha value is -1.17. The molecule has 0 aliphatic heterocycles. The molecule has 0 radical (unpaired) electrons. The third-order valence-corrected chi connectivity index (χ3v) is 15.1. The summed E-state index contributed by atoms with van der Waals surface area (Å²) in [6, 6.07) is 15.4. The molecule has 0 heterocycles. The molecule has 1 nitrogen and oxygen atoms in total. The second kappa shape index (κ2) is 9.32. The molecule has 2 aromatic rings. The molecule has 3 heteroatoms. The maximum atomic E-state index is 7.10. The lowest BCUT2D eigenvalue weighted by molar-refractivity contribution is 0.267. The summed E-state index contributed by atoms with van der Waals surface area (Å²) in [5, 5.41) is 4.04. The van der Waals surface area contributed by atoms with Crippen LogP contribution in [-0.2, 0) is 4.43 Å². The van der Waals surface area contributed by atoms with Gasteiger partial charge in [-0.05, 0) is 33.0 Å². The van der Waals surface area contributed by atoms with Gasteiger partial charge in [0.05, 0.1) is 8.07 Å². The van der Waals surface area contributed by atoms with E-state index in [1.807, 2.05) is 0 Å². The Morgan fingerprint density at radius 2 is 1.34 bits per heavy atom. The Balaban J connectivity index is 2.54. The molecule has 0 aliphatic carbocycles. The van der Waals surface area contributed by atoms with Crippen LogP contribution in [0.15, 0.2) is 54.2 Å². The summed E-state index contributed by atoms with van der Waals surface area (Å²) < 4.78 is 7.10. The van der Waals surface area contributed by atoms with Crippen molar-refractivity contribution in [2.45, 2.75) is 83.7 Å². The van der Waals surface area contributed by atoms with Gasteiger partial charge in [0, 0.05) is 12.5 Å². The SMILES string of the molecule is C=C([C@H](CO[Si](C(C)C)(C(C)C)C(C)C)c1cccc2ccccc12)[Si](C)(C)C. The van der Waals surface area contributed by atoms with Crippen molar-refractivity contribution in [2.24, 2.45) is 0 Å². The van der Waals surface area contributed by atoms with E-state index < -0.39 is 16.4 Å². The molecular formula is C26H42OSi2. The summed E-state index contributed by atoms with van der Waals surface area (Å²) in [6.07, 6.45) is 0. The lowest BCUT2D eigenvalue weighted by Crippen LogP contribution is -2.49. The second-order valence-electron chi connectivity index (χ2n) is 10.5. The van der Waals surface area contributed by atoms with E-state index in [2.05, 4.69) is 110 Å². The van der Waals surface area contributed by atoms with Crippen molar-refractivity contribution in [3.05, 3.63) is 59.8 Å². The fraction of sp³-hybridized carbons (Fsp3) is 0.538. The molecule has 2 aromatic carbocycles. The zero-order valence-electron chi connectivity index (χ0n) is 20.2. The smallest absolute Gasteiger partial charge is 0.200 e. The number of fused-ring (bicyclic) bond motifs is 1. The fourth-order valence-electron chi connectivity index (χ4n) is 5.18. The highest BCUT2D eigenvalue weighted by atomic mass is 28.4. The third-order valence-electron chi connectivity index (χ3n) is 6.79. The Morgan fingerprint density at radius 1 is 0.828 bits per heavy atom. The van der Waals surface area contributed by atoms with Crippen LogP contribution < -0.4 is 0 Å². The molecule has 29 heavy (non-hydrogen) atoms. The highest BCUT2D eigenvalue weighted by Gasteiger charge is 2.45. The van der Waals surface area contributed by atoms with Gasteiger partial charge in [0.2, 0.25) is 0 Å². The number of hydrogen-bond donors (Lipinski definition) is 0. The molecule has 0 N–H and O–H groups in total. The van der Waals surface area contributed by atoms with E-state index in [4.69, 9.17) is 4.43 Å². The van der Waals surface area contributed by atoms with Crippen molar-refractivity contribution >= 4 is 27.2 Å². The highest BCUT2D eigenvalue weighted by Crippen LogP contribution is 2.44. The topological polar surface area (TPSA) is 9.23 Å². The molecule has 0 saturated heterocycles. The number of benzene rings is 2. The summed E-state index contributed by atoms with van der Waals surface area (Å²) in [6.45, 7) is 26.8. The Labute approximate surface area is 181 Å². The summed E-state index contributed by atoms with van der Waals surface area (Å²) in [5.74, 6) is 0.260. The van der Waals surface area contributed by atoms with Crippen LogP contribution in [0.5, 0.6) is 0 Å².